The number of rotatable bonds is 4. The Hall–Kier alpha value is -1.34. The van der Waals surface area contributed by atoms with Gasteiger partial charge in [0.25, 0.3) is 5.91 Å². The second-order valence-corrected chi connectivity index (χ2v) is 9.36. The van der Waals surface area contributed by atoms with E-state index in [1.807, 2.05) is 0 Å². The number of urea groups is 1. The van der Waals surface area contributed by atoms with Crippen LogP contribution in [0.5, 0.6) is 0 Å². The summed E-state index contributed by atoms with van der Waals surface area (Å²) in [6, 6.07) is -0.396. The zero-order valence-corrected chi connectivity index (χ0v) is 17.4. The summed E-state index contributed by atoms with van der Waals surface area (Å²) in [7, 11) is 0. The van der Waals surface area contributed by atoms with Crippen LogP contribution in [0, 0.1) is 17.3 Å². The summed E-state index contributed by atoms with van der Waals surface area (Å²) >= 11 is 0. The highest BCUT2D eigenvalue weighted by Gasteiger charge is 2.56. The van der Waals surface area contributed by atoms with Crippen LogP contribution in [0.25, 0.3) is 0 Å². The Morgan fingerprint density at radius 1 is 1.30 bits per heavy atom. The zero-order chi connectivity index (χ0) is 19.1. The lowest BCUT2D eigenvalue weighted by Crippen LogP contribution is -2.54. The molecule has 0 radical (unpaired) electrons. The molecule has 154 valence electrons. The second kappa shape index (κ2) is 7.95. The van der Waals surface area contributed by atoms with Crippen molar-refractivity contribution < 1.29 is 14.4 Å². The number of carbonyl (C=O) groups is 3. The van der Waals surface area contributed by atoms with Gasteiger partial charge in [-0.25, -0.2) is 4.79 Å². The number of halogens is 1. The van der Waals surface area contributed by atoms with E-state index in [0.717, 1.165) is 30.6 Å². The van der Waals surface area contributed by atoms with Gasteiger partial charge in [0.05, 0.1) is 0 Å². The van der Waals surface area contributed by atoms with Crippen molar-refractivity contribution in [3.63, 3.8) is 0 Å². The summed E-state index contributed by atoms with van der Waals surface area (Å²) in [4.78, 5) is 39.1. The maximum atomic E-state index is 13.1. The van der Waals surface area contributed by atoms with Gasteiger partial charge in [0.15, 0.2) is 0 Å². The van der Waals surface area contributed by atoms with Gasteiger partial charge in [-0.05, 0) is 55.9 Å². The molecule has 1 heterocycles. The Kier molecular flexibility index (Phi) is 6.47. The zero-order valence-electron chi connectivity index (χ0n) is 16.5. The number of amides is 4. The number of imide groups is 1. The maximum absolute atomic E-state index is 13.1. The first-order valence-electron chi connectivity index (χ1n) is 9.79. The van der Waals surface area contributed by atoms with Gasteiger partial charge in [-0.1, -0.05) is 27.2 Å². The molecule has 4 amide bonds. The molecular formula is C19H33ClN4O3. The molecule has 1 aliphatic heterocycles. The third-order valence-corrected chi connectivity index (χ3v) is 6.23. The van der Waals surface area contributed by atoms with Crippen molar-refractivity contribution in [2.45, 2.75) is 70.9 Å². The molecule has 2 saturated carbocycles. The second-order valence-electron chi connectivity index (χ2n) is 9.36. The van der Waals surface area contributed by atoms with Crippen molar-refractivity contribution in [2.24, 2.45) is 23.0 Å². The van der Waals surface area contributed by atoms with E-state index in [0.29, 0.717) is 25.3 Å². The summed E-state index contributed by atoms with van der Waals surface area (Å²) in [5, 5.41) is 5.88. The number of hydrogen-bond donors (Lipinski definition) is 3. The lowest BCUT2D eigenvalue weighted by atomic mass is 9.64. The van der Waals surface area contributed by atoms with Crippen LogP contribution in [0.2, 0.25) is 0 Å². The highest BCUT2D eigenvalue weighted by atomic mass is 35.5. The molecule has 7 nitrogen and oxygen atoms in total. The minimum absolute atomic E-state index is 0. The van der Waals surface area contributed by atoms with E-state index in [4.69, 9.17) is 5.73 Å². The predicted octanol–water partition coefficient (Wildman–Crippen LogP) is 1.79. The quantitative estimate of drug-likeness (QED) is 0.625. The fourth-order valence-corrected chi connectivity index (χ4v) is 5.55. The number of nitrogens with one attached hydrogen (secondary N) is 2. The summed E-state index contributed by atoms with van der Waals surface area (Å²) < 4.78 is 0. The van der Waals surface area contributed by atoms with E-state index in [9.17, 15) is 14.4 Å². The molecule has 0 aromatic rings. The Morgan fingerprint density at radius 3 is 2.63 bits per heavy atom. The van der Waals surface area contributed by atoms with Gasteiger partial charge < -0.3 is 16.4 Å². The molecule has 8 heteroatoms. The van der Waals surface area contributed by atoms with Gasteiger partial charge in [0.2, 0.25) is 5.91 Å². The van der Waals surface area contributed by atoms with Gasteiger partial charge >= 0.3 is 6.03 Å². The molecular weight excluding hydrogens is 368 g/mol. The minimum atomic E-state index is -0.855. The molecule has 3 rings (SSSR count). The van der Waals surface area contributed by atoms with Gasteiger partial charge in [0.1, 0.15) is 12.1 Å². The van der Waals surface area contributed by atoms with Crippen LogP contribution in [0.4, 0.5) is 4.79 Å². The van der Waals surface area contributed by atoms with Crippen molar-refractivity contribution >= 4 is 30.3 Å². The molecule has 0 aromatic heterocycles. The van der Waals surface area contributed by atoms with E-state index in [1.165, 1.54) is 0 Å². The molecule has 3 fully saturated rings. The molecule has 4 N–H and O–H groups in total. The molecule has 4 atom stereocenters. The first-order valence-corrected chi connectivity index (χ1v) is 9.79. The number of hydrogen-bond acceptors (Lipinski definition) is 4. The molecule has 2 aliphatic carbocycles. The fourth-order valence-electron chi connectivity index (χ4n) is 5.55. The average molecular weight is 401 g/mol. The lowest BCUT2D eigenvalue weighted by molar-refractivity contribution is -0.137. The van der Waals surface area contributed by atoms with E-state index < -0.39 is 11.6 Å². The normalized spacial score (nSPS) is 35.1. The summed E-state index contributed by atoms with van der Waals surface area (Å²) in [5.74, 6) is 0.104. The minimum Gasteiger partial charge on any atom is -0.351 e. The van der Waals surface area contributed by atoms with Gasteiger partial charge in [-0.3, -0.25) is 14.5 Å². The molecule has 4 unspecified atom stereocenters. The monoisotopic (exact) mass is 400 g/mol. The number of nitrogens with two attached hydrogens (primary N) is 1. The third-order valence-electron chi connectivity index (χ3n) is 6.23. The molecule has 3 aliphatic rings. The van der Waals surface area contributed by atoms with Gasteiger partial charge in [-0.15, -0.1) is 12.4 Å². The summed E-state index contributed by atoms with van der Waals surface area (Å²) in [6.45, 7) is 6.71. The largest absolute Gasteiger partial charge is 0.351 e. The van der Waals surface area contributed by atoms with Crippen molar-refractivity contribution in [2.75, 3.05) is 13.1 Å². The smallest absolute Gasteiger partial charge is 0.325 e. The Balaban J connectivity index is 0.00000261. The van der Waals surface area contributed by atoms with Crippen LogP contribution in [0.3, 0.4) is 0 Å². The molecule has 1 saturated heterocycles. The Labute approximate surface area is 167 Å². The van der Waals surface area contributed by atoms with Gasteiger partial charge in [0, 0.05) is 6.04 Å². The maximum Gasteiger partial charge on any atom is 0.325 e. The molecule has 0 aromatic carbocycles. The van der Waals surface area contributed by atoms with E-state index in [1.54, 1.807) is 0 Å². The van der Waals surface area contributed by atoms with Crippen LogP contribution in [0.15, 0.2) is 0 Å². The number of carbonyl (C=O) groups excluding carboxylic acids is 3. The highest BCUT2D eigenvalue weighted by molar-refractivity contribution is 6.09. The van der Waals surface area contributed by atoms with Crippen molar-refractivity contribution in [1.29, 1.82) is 0 Å². The lowest BCUT2D eigenvalue weighted by Gasteiger charge is -2.43. The molecule has 0 bridgehead atoms. The summed E-state index contributed by atoms with van der Waals surface area (Å²) in [5.41, 5.74) is 4.89. The summed E-state index contributed by atoms with van der Waals surface area (Å²) in [6.07, 6.45) is 5.25. The molecule has 27 heavy (non-hydrogen) atoms. The van der Waals surface area contributed by atoms with Crippen molar-refractivity contribution in [3.05, 3.63) is 0 Å². The Bertz CT molecular complexity index is 612. The topological polar surface area (TPSA) is 105 Å². The number of nitrogens with zero attached hydrogens (tertiary/aromatic N) is 1. The highest BCUT2D eigenvalue weighted by Crippen LogP contribution is 2.46. The van der Waals surface area contributed by atoms with E-state index >= 15 is 0 Å². The van der Waals surface area contributed by atoms with Crippen LogP contribution < -0.4 is 16.4 Å². The fraction of sp³-hybridized carbons (Fsp3) is 0.842. The van der Waals surface area contributed by atoms with Crippen LogP contribution >= 0.6 is 12.4 Å². The van der Waals surface area contributed by atoms with Gasteiger partial charge in [-0.2, -0.15) is 0 Å². The first kappa shape index (κ1) is 22.0. The Morgan fingerprint density at radius 2 is 2.00 bits per heavy atom. The standard InChI is InChI=1S/C19H32N4O3.ClH/c1-12-7-18(2,3)11-19(8-12)16(25)23(17(26)22-19)10-15(24)21-14-6-4-5-13(14)9-20;/h12-14H,4-11,20H2,1-3H3,(H,21,24)(H,22,26);1H. The van der Waals surface area contributed by atoms with Crippen LogP contribution in [-0.4, -0.2) is 47.4 Å². The predicted molar refractivity (Wildman–Crippen MR) is 105 cm³/mol. The van der Waals surface area contributed by atoms with E-state index in [-0.39, 0.29) is 48.1 Å². The molecule has 1 spiro atoms. The third kappa shape index (κ3) is 4.40. The average Bonchev–Trinajstić information content (AvgIpc) is 3.03. The van der Waals surface area contributed by atoms with Crippen molar-refractivity contribution in [1.82, 2.24) is 15.5 Å². The van der Waals surface area contributed by atoms with Crippen molar-refractivity contribution in [3.8, 4) is 0 Å². The first-order chi connectivity index (χ1) is 12.2. The van der Waals surface area contributed by atoms with E-state index in [2.05, 4.69) is 31.4 Å². The SMILES string of the molecule is CC1CC(C)(C)CC2(C1)NC(=O)N(CC(=O)NC1CCCC1CN)C2=O.Cl. The van der Waals surface area contributed by atoms with Crippen LogP contribution in [0.1, 0.15) is 59.3 Å². The van der Waals surface area contributed by atoms with Crippen LogP contribution in [-0.2, 0) is 9.59 Å².